The van der Waals surface area contributed by atoms with Gasteiger partial charge in [-0.25, -0.2) is 0 Å². The van der Waals surface area contributed by atoms with Crippen molar-refractivity contribution in [3.05, 3.63) is 35.4 Å². The van der Waals surface area contributed by atoms with Crippen molar-refractivity contribution in [2.45, 2.75) is 32.6 Å². The summed E-state index contributed by atoms with van der Waals surface area (Å²) in [5, 5.41) is 3.07. The third-order valence-electron chi connectivity index (χ3n) is 2.85. The van der Waals surface area contributed by atoms with Gasteiger partial charge in [0.25, 0.3) is 0 Å². The summed E-state index contributed by atoms with van der Waals surface area (Å²) in [7, 11) is 1.94. The average Bonchev–Trinajstić information content (AvgIpc) is 2.28. The molecule has 0 aliphatic rings. The molecule has 0 aromatic heterocycles. The van der Waals surface area contributed by atoms with Gasteiger partial charge in [-0.15, -0.1) is 0 Å². The highest BCUT2D eigenvalue weighted by atomic mass is 16.5. The lowest BCUT2D eigenvalue weighted by Gasteiger charge is -2.19. The second-order valence-electron chi connectivity index (χ2n) is 5.41. The molecule has 0 saturated carbocycles. The third-order valence-corrected chi connectivity index (χ3v) is 2.85. The van der Waals surface area contributed by atoms with Crippen LogP contribution in [0.15, 0.2) is 24.3 Å². The van der Waals surface area contributed by atoms with Gasteiger partial charge in [-0.1, -0.05) is 45.0 Å². The van der Waals surface area contributed by atoms with Gasteiger partial charge in [0.05, 0.1) is 13.2 Å². The Bertz CT molecular complexity index is 311. The standard InChI is InChI=1S/C15H25NO/c1-15(2,3)14-7-5-13(6-8-14)9-11-17-12-10-16-4/h5-8,16H,9-12H2,1-4H3. The van der Waals surface area contributed by atoms with Crippen LogP contribution >= 0.6 is 0 Å². The molecule has 0 heterocycles. The Morgan fingerprint density at radius 3 is 2.24 bits per heavy atom. The van der Waals surface area contributed by atoms with Crippen LogP contribution in [0.5, 0.6) is 0 Å². The predicted molar refractivity (Wildman–Crippen MR) is 73.6 cm³/mol. The maximum atomic E-state index is 5.51. The SMILES string of the molecule is CNCCOCCc1ccc(C(C)(C)C)cc1. The lowest BCUT2D eigenvalue weighted by molar-refractivity contribution is 0.140. The Balaban J connectivity index is 2.36. The highest BCUT2D eigenvalue weighted by Gasteiger charge is 2.12. The smallest absolute Gasteiger partial charge is 0.0590 e. The Hall–Kier alpha value is -0.860. The summed E-state index contributed by atoms with van der Waals surface area (Å²) in [6.07, 6.45) is 0.994. The first kappa shape index (κ1) is 14.2. The molecule has 0 radical (unpaired) electrons. The number of ether oxygens (including phenoxy) is 1. The third kappa shape index (κ3) is 5.33. The van der Waals surface area contributed by atoms with E-state index in [0.717, 1.165) is 26.2 Å². The van der Waals surface area contributed by atoms with Crippen molar-refractivity contribution < 1.29 is 4.74 Å². The summed E-state index contributed by atoms with van der Waals surface area (Å²) < 4.78 is 5.51. The number of hydrogen-bond donors (Lipinski definition) is 1. The van der Waals surface area contributed by atoms with Crippen LogP contribution in [0.1, 0.15) is 31.9 Å². The van der Waals surface area contributed by atoms with Gasteiger partial charge in [0, 0.05) is 6.54 Å². The predicted octanol–water partition coefficient (Wildman–Crippen LogP) is 2.76. The summed E-state index contributed by atoms with van der Waals surface area (Å²) in [5.41, 5.74) is 2.97. The van der Waals surface area contributed by atoms with Crippen molar-refractivity contribution in [2.75, 3.05) is 26.8 Å². The highest BCUT2D eigenvalue weighted by molar-refractivity contribution is 5.27. The molecule has 0 atom stereocenters. The van der Waals surface area contributed by atoms with Crippen molar-refractivity contribution in [1.82, 2.24) is 5.32 Å². The second-order valence-corrected chi connectivity index (χ2v) is 5.41. The van der Waals surface area contributed by atoms with Crippen LogP contribution in [0.25, 0.3) is 0 Å². The van der Waals surface area contributed by atoms with Gasteiger partial charge >= 0.3 is 0 Å². The van der Waals surface area contributed by atoms with Gasteiger partial charge in [-0.05, 0) is 30.0 Å². The Morgan fingerprint density at radius 2 is 1.71 bits per heavy atom. The molecule has 0 fully saturated rings. The van der Waals surface area contributed by atoms with E-state index < -0.39 is 0 Å². The van der Waals surface area contributed by atoms with E-state index in [2.05, 4.69) is 50.4 Å². The van der Waals surface area contributed by atoms with Gasteiger partial charge in [0.15, 0.2) is 0 Å². The molecule has 0 unspecified atom stereocenters. The van der Waals surface area contributed by atoms with Crippen LogP contribution in [-0.2, 0) is 16.6 Å². The minimum atomic E-state index is 0.238. The molecule has 1 N–H and O–H groups in total. The van der Waals surface area contributed by atoms with Crippen molar-refractivity contribution >= 4 is 0 Å². The zero-order valence-electron chi connectivity index (χ0n) is 11.5. The normalized spacial score (nSPS) is 11.8. The lowest BCUT2D eigenvalue weighted by Crippen LogP contribution is -2.15. The molecular weight excluding hydrogens is 210 g/mol. The summed E-state index contributed by atoms with van der Waals surface area (Å²) in [6, 6.07) is 8.87. The molecule has 96 valence electrons. The maximum Gasteiger partial charge on any atom is 0.0590 e. The first-order valence-corrected chi connectivity index (χ1v) is 6.36. The fourth-order valence-corrected chi connectivity index (χ4v) is 1.64. The first-order chi connectivity index (χ1) is 8.04. The molecule has 1 aromatic rings. The molecule has 2 nitrogen and oxygen atoms in total. The van der Waals surface area contributed by atoms with E-state index in [1.807, 2.05) is 7.05 Å². The molecule has 0 spiro atoms. The molecule has 2 heteroatoms. The molecule has 0 aliphatic heterocycles. The van der Waals surface area contributed by atoms with E-state index in [1.165, 1.54) is 11.1 Å². The van der Waals surface area contributed by atoms with Gasteiger partial charge in [-0.3, -0.25) is 0 Å². The van der Waals surface area contributed by atoms with Crippen LogP contribution in [0.2, 0.25) is 0 Å². The minimum Gasteiger partial charge on any atom is -0.380 e. The Kier molecular flexibility index (Phi) is 5.66. The molecule has 1 rings (SSSR count). The molecule has 0 saturated heterocycles. The van der Waals surface area contributed by atoms with Crippen LogP contribution in [0.3, 0.4) is 0 Å². The van der Waals surface area contributed by atoms with Gasteiger partial charge in [0.1, 0.15) is 0 Å². The summed E-state index contributed by atoms with van der Waals surface area (Å²) in [4.78, 5) is 0. The Morgan fingerprint density at radius 1 is 1.06 bits per heavy atom. The zero-order valence-corrected chi connectivity index (χ0v) is 11.5. The van der Waals surface area contributed by atoms with Crippen LogP contribution in [0.4, 0.5) is 0 Å². The largest absolute Gasteiger partial charge is 0.380 e. The number of rotatable bonds is 6. The first-order valence-electron chi connectivity index (χ1n) is 6.36. The summed E-state index contributed by atoms with van der Waals surface area (Å²) in [5.74, 6) is 0. The quantitative estimate of drug-likeness (QED) is 0.766. The van der Waals surface area contributed by atoms with Crippen molar-refractivity contribution in [2.24, 2.45) is 0 Å². The minimum absolute atomic E-state index is 0.238. The van der Waals surface area contributed by atoms with Crippen molar-refractivity contribution in [1.29, 1.82) is 0 Å². The van der Waals surface area contributed by atoms with Crippen LogP contribution in [-0.4, -0.2) is 26.8 Å². The number of likely N-dealkylation sites (N-methyl/N-ethyl adjacent to an activating group) is 1. The number of nitrogens with one attached hydrogen (secondary N) is 1. The van der Waals surface area contributed by atoms with E-state index in [1.54, 1.807) is 0 Å². The fraction of sp³-hybridized carbons (Fsp3) is 0.600. The van der Waals surface area contributed by atoms with Crippen LogP contribution in [0, 0.1) is 0 Å². The molecule has 17 heavy (non-hydrogen) atoms. The fourth-order valence-electron chi connectivity index (χ4n) is 1.64. The maximum absolute atomic E-state index is 5.51. The van der Waals surface area contributed by atoms with Crippen molar-refractivity contribution in [3.8, 4) is 0 Å². The van der Waals surface area contributed by atoms with Gasteiger partial charge < -0.3 is 10.1 Å². The van der Waals surface area contributed by atoms with Gasteiger partial charge in [0.2, 0.25) is 0 Å². The topological polar surface area (TPSA) is 21.3 Å². The number of benzene rings is 1. The van der Waals surface area contributed by atoms with E-state index >= 15 is 0 Å². The summed E-state index contributed by atoms with van der Waals surface area (Å²) in [6.45, 7) is 9.23. The monoisotopic (exact) mass is 235 g/mol. The van der Waals surface area contributed by atoms with E-state index in [4.69, 9.17) is 4.74 Å². The van der Waals surface area contributed by atoms with E-state index in [-0.39, 0.29) is 5.41 Å². The molecule has 0 bridgehead atoms. The second kappa shape index (κ2) is 6.77. The highest BCUT2D eigenvalue weighted by Crippen LogP contribution is 2.22. The van der Waals surface area contributed by atoms with Gasteiger partial charge in [-0.2, -0.15) is 0 Å². The Labute approximate surface area is 105 Å². The molecule has 0 aliphatic carbocycles. The summed E-state index contributed by atoms with van der Waals surface area (Å²) >= 11 is 0. The molecule has 1 aromatic carbocycles. The zero-order chi connectivity index (χ0) is 12.7. The number of hydrogen-bond acceptors (Lipinski definition) is 2. The van der Waals surface area contributed by atoms with E-state index in [9.17, 15) is 0 Å². The van der Waals surface area contributed by atoms with Crippen LogP contribution < -0.4 is 5.32 Å². The van der Waals surface area contributed by atoms with E-state index in [0.29, 0.717) is 0 Å². The molecule has 0 amide bonds. The lowest BCUT2D eigenvalue weighted by atomic mass is 9.86. The average molecular weight is 235 g/mol. The van der Waals surface area contributed by atoms with Crippen molar-refractivity contribution in [3.63, 3.8) is 0 Å². The molecular formula is C15H25NO.